The molecule has 2 aromatic rings. The molecular weight excluding hydrogens is 260 g/mol. The van der Waals surface area contributed by atoms with Crippen LogP contribution in [0.2, 0.25) is 0 Å². The smallest absolute Gasteiger partial charge is 0.337 e. The molecule has 0 saturated carbocycles. The van der Waals surface area contributed by atoms with Gasteiger partial charge < -0.3 is 16.2 Å². The molecule has 7 nitrogen and oxygen atoms in total. The highest BCUT2D eigenvalue weighted by atomic mass is 16.4. The quantitative estimate of drug-likeness (QED) is 0.755. The van der Waals surface area contributed by atoms with E-state index in [4.69, 9.17) is 10.8 Å². The first kappa shape index (κ1) is 13.6. The topological polar surface area (TPSA) is 118 Å². The zero-order chi connectivity index (χ0) is 14.5. The number of carbonyl (C=O) groups is 2. The summed E-state index contributed by atoms with van der Waals surface area (Å²) in [6.07, 6.45) is 2.75. The molecule has 2 aromatic heterocycles. The first-order valence-corrected chi connectivity index (χ1v) is 5.76. The number of pyridine rings is 2. The zero-order valence-electron chi connectivity index (χ0n) is 10.4. The van der Waals surface area contributed by atoms with E-state index in [2.05, 4.69) is 15.3 Å². The molecule has 0 unspecified atom stereocenters. The van der Waals surface area contributed by atoms with Crippen LogP contribution in [0.15, 0.2) is 36.7 Å². The minimum Gasteiger partial charge on any atom is -0.478 e. The largest absolute Gasteiger partial charge is 0.478 e. The maximum atomic E-state index is 11.1. The first-order chi connectivity index (χ1) is 9.60. The summed E-state index contributed by atoms with van der Waals surface area (Å²) >= 11 is 0. The highest BCUT2D eigenvalue weighted by Gasteiger charge is 2.06. The molecule has 2 heterocycles. The van der Waals surface area contributed by atoms with E-state index >= 15 is 0 Å². The summed E-state index contributed by atoms with van der Waals surface area (Å²) in [6.45, 7) is -0.0973. The fraction of sp³-hybridized carbons (Fsp3) is 0.0769. The number of nitrogens with two attached hydrogens (primary N) is 1. The van der Waals surface area contributed by atoms with Crippen LogP contribution in [0, 0.1) is 0 Å². The lowest BCUT2D eigenvalue weighted by Gasteiger charge is -2.04. The molecule has 0 fully saturated rings. The Morgan fingerprint density at radius 2 is 1.75 bits per heavy atom. The number of aromatic carboxylic acids is 1. The van der Waals surface area contributed by atoms with Crippen molar-refractivity contribution in [2.75, 3.05) is 11.9 Å². The maximum Gasteiger partial charge on any atom is 0.337 e. The van der Waals surface area contributed by atoms with Gasteiger partial charge in [0.1, 0.15) is 0 Å². The van der Waals surface area contributed by atoms with Crippen molar-refractivity contribution in [3.8, 4) is 11.4 Å². The van der Waals surface area contributed by atoms with Gasteiger partial charge in [0.15, 0.2) is 0 Å². The van der Waals surface area contributed by atoms with Gasteiger partial charge in [0.25, 0.3) is 0 Å². The van der Waals surface area contributed by atoms with Crippen LogP contribution in [0.5, 0.6) is 0 Å². The van der Waals surface area contributed by atoms with Gasteiger partial charge in [-0.1, -0.05) is 0 Å². The normalized spacial score (nSPS) is 10.1. The third-order valence-corrected chi connectivity index (χ3v) is 2.51. The van der Waals surface area contributed by atoms with Gasteiger partial charge in [-0.15, -0.1) is 0 Å². The summed E-state index contributed by atoms with van der Waals surface area (Å²) in [5, 5.41) is 11.4. The summed E-state index contributed by atoms with van der Waals surface area (Å²) in [5.41, 5.74) is 6.96. The van der Waals surface area contributed by atoms with E-state index in [1.54, 1.807) is 18.2 Å². The minimum atomic E-state index is -1.03. The van der Waals surface area contributed by atoms with Crippen LogP contribution < -0.4 is 11.1 Å². The molecule has 102 valence electrons. The number of hydrogen-bond acceptors (Lipinski definition) is 5. The fourth-order valence-corrected chi connectivity index (χ4v) is 1.50. The van der Waals surface area contributed by atoms with Crippen molar-refractivity contribution in [1.29, 1.82) is 0 Å². The summed E-state index contributed by atoms with van der Waals surface area (Å²) in [5.74, 6) is -1.33. The molecule has 0 aliphatic carbocycles. The molecule has 4 N–H and O–H groups in total. The van der Waals surface area contributed by atoms with E-state index < -0.39 is 5.97 Å². The highest BCUT2D eigenvalue weighted by Crippen LogP contribution is 2.16. The molecule has 1 amide bonds. The predicted octanol–water partition coefficient (Wildman–Crippen LogP) is 0.739. The van der Waals surface area contributed by atoms with Crippen LogP contribution in [-0.4, -0.2) is 33.5 Å². The second-order valence-electron chi connectivity index (χ2n) is 3.92. The molecule has 0 saturated heterocycles. The van der Waals surface area contributed by atoms with Gasteiger partial charge in [0.05, 0.1) is 35.4 Å². The fourth-order valence-electron chi connectivity index (χ4n) is 1.50. The molecule has 7 heteroatoms. The van der Waals surface area contributed by atoms with Gasteiger partial charge in [0.2, 0.25) is 5.91 Å². The average molecular weight is 272 g/mol. The van der Waals surface area contributed by atoms with Gasteiger partial charge in [-0.25, -0.2) is 4.79 Å². The van der Waals surface area contributed by atoms with Crippen LogP contribution >= 0.6 is 0 Å². The van der Waals surface area contributed by atoms with Crippen molar-refractivity contribution in [2.45, 2.75) is 0 Å². The van der Waals surface area contributed by atoms with Gasteiger partial charge in [-0.3, -0.25) is 14.8 Å². The standard InChI is InChI=1S/C13H12N4O3/c14-5-12(18)17-9-2-4-11(16-7-9)10-3-1-8(6-15-10)13(19)20/h1-4,6-7H,5,14H2,(H,17,18)(H,19,20). The van der Waals surface area contributed by atoms with Crippen molar-refractivity contribution in [1.82, 2.24) is 9.97 Å². The number of nitrogens with zero attached hydrogens (tertiary/aromatic N) is 2. The van der Waals surface area contributed by atoms with Crippen molar-refractivity contribution in [3.05, 3.63) is 42.2 Å². The van der Waals surface area contributed by atoms with Crippen LogP contribution in [-0.2, 0) is 4.79 Å². The van der Waals surface area contributed by atoms with Crippen LogP contribution in [0.3, 0.4) is 0 Å². The third kappa shape index (κ3) is 3.15. The molecule has 0 bridgehead atoms. The van der Waals surface area contributed by atoms with Crippen molar-refractivity contribution in [3.63, 3.8) is 0 Å². The lowest BCUT2D eigenvalue weighted by Crippen LogP contribution is -2.21. The van der Waals surface area contributed by atoms with Crippen LogP contribution in [0.1, 0.15) is 10.4 Å². The number of carboxylic acids is 1. The van der Waals surface area contributed by atoms with Crippen LogP contribution in [0.4, 0.5) is 5.69 Å². The lowest BCUT2D eigenvalue weighted by molar-refractivity contribution is -0.114. The Bertz CT molecular complexity index is 623. The summed E-state index contributed by atoms with van der Waals surface area (Å²) in [7, 11) is 0. The highest BCUT2D eigenvalue weighted by molar-refractivity contribution is 5.92. The van der Waals surface area contributed by atoms with Gasteiger partial charge in [-0.05, 0) is 24.3 Å². The Morgan fingerprint density at radius 3 is 2.20 bits per heavy atom. The van der Waals surface area contributed by atoms with Gasteiger partial charge >= 0.3 is 5.97 Å². The maximum absolute atomic E-state index is 11.1. The summed E-state index contributed by atoms with van der Waals surface area (Å²) < 4.78 is 0. The molecule has 0 aromatic carbocycles. The lowest BCUT2D eigenvalue weighted by atomic mass is 10.2. The molecule has 2 rings (SSSR count). The number of hydrogen-bond donors (Lipinski definition) is 3. The van der Waals surface area contributed by atoms with E-state index in [-0.39, 0.29) is 18.0 Å². The summed E-state index contributed by atoms with van der Waals surface area (Å²) in [6, 6.07) is 6.37. The number of nitrogens with one attached hydrogen (secondary N) is 1. The number of amides is 1. The predicted molar refractivity (Wildman–Crippen MR) is 72.1 cm³/mol. The Kier molecular flexibility index (Phi) is 4.02. The van der Waals surface area contributed by atoms with Crippen molar-refractivity contribution in [2.24, 2.45) is 5.73 Å². The Balaban J connectivity index is 2.17. The second kappa shape index (κ2) is 5.89. The van der Waals surface area contributed by atoms with Gasteiger partial charge in [-0.2, -0.15) is 0 Å². The van der Waals surface area contributed by atoms with E-state index in [1.165, 1.54) is 18.5 Å². The number of anilines is 1. The molecule has 0 atom stereocenters. The van der Waals surface area contributed by atoms with E-state index in [0.717, 1.165) is 0 Å². The Morgan fingerprint density at radius 1 is 1.10 bits per heavy atom. The van der Waals surface area contributed by atoms with Crippen LogP contribution in [0.25, 0.3) is 11.4 Å². The Labute approximate surface area is 114 Å². The molecule has 20 heavy (non-hydrogen) atoms. The molecule has 0 radical (unpaired) electrons. The van der Waals surface area contributed by atoms with E-state index in [9.17, 15) is 9.59 Å². The number of carboxylic acid groups (broad SMARTS) is 1. The monoisotopic (exact) mass is 272 g/mol. The molecule has 0 aliphatic heterocycles. The molecule has 0 aliphatic rings. The average Bonchev–Trinajstić information content (AvgIpc) is 2.48. The summed E-state index contributed by atoms with van der Waals surface area (Å²) in [4.78, 5) is 30.0. The number of carbonyl (C=O) groups excluding carboxylic acids is 1. The Hall–Kier alpha value is -2.80. The zero-order valence-corrected chi connectivity index (χ0v) is 10.4. The van der Waals surface area contributed by atoms with E-state index in [0.29, 0.717) is 17.1 Å². The van der Waals surface area contributed by atoms with Crippen molar-refractivity contribution >= 4 is 17.6 Å². The van der Waals surface area contributed by atoms with Crippen molar-refractivity contribution < 1.29 is 14.7 Å². The minimum absolute atomic E-state index is 0.0973. The first-order valence-electron chi connectivity index (χ1n) is 5.76. The second-order valence-corrected chi connectivity index (χ2v) is 3.92. The molecule has 0 spiro atoms. The number of rotatable bonds is 4. The van der Waals surface area contributed by atoms with E-state index in [1.807, 2.05) is 0 Å². The van der Waals surface area contributed by atoms with Gasteiger partial charge in [0, 0.05) is 6.20 Å². The molecular formula is C13H12N4O3. The number of aromatic nitrogens is 2. The third-order valence-electron chi connectivity index (χ3n) is 2.51. The SMILES string of the molecule is NCC(=O)Nc1ccc(-c2ccc(C(=O)O)cn2)nc1.